The molecule has 2 N–H and O–H groups in total. The number of nitriles is 1. The highest BCUT2D eigenvalue weighted by atomic mass is 79.9. The van der Waals surface area contributed by atoms with Gasteiger partial charge in [0.1, 0.15) is 6.07 Å². The Morgan fingerprint density at radius 1 is 1.14 bits per heavy atom. The number of fused-ring (bicyclic) bond motifs is 1. The number of para-hydroxylation sites is 2. The molecule has 2 aromatic carbocycles. The molecule has 4 nitrogen and oxygen atoms in total. The van der Waals surface area contributed by atoms with Gasteiger partial charge in [0.15, 0.2) is 5.75 Å². The van der Waals surface area contributed by atoms with Gasteiger partial charge in [-0.1, -0.05) is 24.3 Å². The van der Waals surface area contributed by atoms with Gasteiger partial charge >= 0.3 is 0 Å². The number of nitrogens with two attached hydrogens (primary N) is 1. The van der Waals surface area contributed by atoms with Crippen LogP contribution in [-0.4, -0.2) is 4.98 Å². The molecule has 0 radical (unpaired) electrons. The van der Waals surface area contributed by atoms with Crippen LogP contribution >= 0.6 is 15.9 Å². The van der Waals surface area contributed by atoms with Crippen molar-refractivity contribution >= 4 is 32.5 Å². The summed E-state index contributed by atoms with van der Waals surface area (Å²) in [5, 5.41) is 10.1. The maximum Gasteiger partial charge on any atom is 0.221 e. The molecule has 0 bridgehead atoms. The van der Waals surface area contributed by atoms with E-state index >= 15 is 0 Å². The van der Waals surface area contributed by atoms with Gasteiger partial charge in [-0.3, -0.25) is 0 Å². The van der Waals surface area contributed by atoms with Crippen LogP contribution in [0.4, 0.5) is 5.69 Å². The SMILES string of the molecule is N#Cc1cc(Oc2c(N)cccc2Br)nc2ccccc12. The van der Waals surface area contributed by atoms with E-state index in [4.69, 9.17) is 10.5 Å². The van der Waals surface area contributed by atoms with Crippen molar-refractivity contribution in [2.75, 3.05) is 5.73 Å². The second-order valence-electron chi connectivity index (χ2n) is 4.40. The first-order valence-corrected chi connectivity index (χ1v) is 7.00. The van der Waals surface area contributed by atoms with Crippen molar-refractivity contribution in [3.8, 4) is 17.7 Å². The molecule has 1 aromatic heterocycles. The van der Waals surface area contributed by atoms with Crippen molar-refractivity contribution in [3.63, 3.8) is 0 Å². The Bertz CT molecular complexity index is 851. The van der Waals surface area contributed by atoms with Crippen LogP contribution in [0.25, 0.3) is 10.9 Å². The lowest BCUT2D eigenvalue weighted by Crippen LogP contribution is -1.96. The quantitative estimate of drug-likeness (QED) is 0.708. The minimum absolute atomic E-state index is 0.337. The molecule has 3 aromatic rings. The number of ether oxygens (including phenoxy) is 1. The first kappa shape index (κ1) is 13.4. The van der Waals surface area contributed by atoms with Crippen LogP contribution in [0.5, 0.6) is 11.6 Å². The number of nitrogen functional groups attached to an aromatic ring is 1. The zero-order valence-electron chi connectivity index (χ0n) is 10.9. The molecule has 3 rings (SSSR count). The zero-order chi connectivity index (χ0) is 14.8. The summed E-state index contributed by atoms with van der Waals surface area (Å²) in [6.45, 7) is 0. The van der Waals surface area contributed by atoms with E-state index in [0.717, 1.165) is 9.86 Å². The number of pyridine rings is 1. The summed E-state index contributed by atoms with van der Waals surface area (Å²) in [5.41, 5.74) is 7.62. The van der Waals surface area contributed by atoms with Gasteiger partial charge < -0.3 is 10.5 Å². The Morgan fingerprint density at radius 2 is 1.95 bits per heavy atom. The Labute approximate surface area is 129 Å². The molecular weight excluding hydrogens is 330 g/mol. The van der Waals surface area contributed by atoms with Crippen molar-refractivity contribution in [1.29, 1.82) is 5.26 Å². The highest BCUT2D eigenvalue weighted by molar-refractivity contribution is 9.10. The molecule has 102 valence electrons. The van der Waals surface area contributed by atoms with E-state index in [-0.39, 0.29) is 0 Å². The van der Waals surface area contributed by atoms with E-state index in [9.17, 15) is 5.26 Å². The molecule has 0 aliphatic heterocycles. The van der Waals surface area contributed by atoms with Crippen molar-refractivity contribution in [2.45, 2.75) is 0 Å². The van der Waals surface area contributed by atoms with Gasteiger partial charge in [0.25, 0.3) is 0 Å². The third kappa shape index (κ3) is 2.54. The molecule has 0 saturated carbocycles. The summed E-state index contributed by atoms with van der Waals surface area (Å²) in [6.07, 6.45) is 0. The van der Waals surface area contributed by atoms with Crippen LogP contribution < -0.4 is 10.5 Å². The molecule has 0 atom stereocenters. The highest BCUT2D eigenvalue weighted by Gasteiger charge is 2.10. The Hall–Kier alpha value is -2.58. The average molecular weight is 340 g/mol. The minimum Gasteiger partial charge on any atom is -0.436 e. The molecule has 0 aliphatic rings. The topological polar surface area (TPSA) is 71.9 Å². The Balaban J connectivity index is 2.12. The molecular formula is C16H10BrN3O. The smallest absolute Gasteiger partial charge is 0.221 e. The summed E-state index contributed by atoms with van der Waals surface area (Å²) < 4.78 is 6.49. The molecule has 1 heterocycles. The van der Waals surface area contributed by atoms with Crippen LogP contribution in [0.2, 0.25) is 0 Å². The third-order valence-electron chi connectivity index (χ3n) is 3.02. The lowest BCUT2D eigenvalue weighted by molar-refractivity contribution is 0.464. The maximum absolute atomic E-state index is 9.27. The van der Waals surface area contributed by atoms with Gasteiger partial charge in [-0.05, 0) is 34.1 Å². The Kier molecular flexibility index (Phi) is 3.46. The van der Waals surface area contributed by atoms with Gasteiger partial charge in [0, 0.05) is 11.5 Å². The lowest BCUT2D eigenvalue weighted by Gasteiger charge is -2.10. The number of rotatable bonds is 2. The van der Waals surface area contributed by atoms with Gasteiger partial charge in [0.2, 0.25) is 5.88 Å². The number of halogens is 1. The monoisotopic (exact) mass is 339 g/mol. The average Bonchev–Trinajstić information content (AvgIpc) is 2.50. The zero-order valence-corrected chi connectivity index (χ0v) is 12.5. The molecule has 0 aliphatic carbocycles. The third-order valence-corrected chi connectivity index (χ3v) is 3.64. The molecule has 0 saturated heterocycles. The summed E-state index contributed by atoms with van der Waals surface area (Å²) in [7, 11) is 0. The number of nitrogens with zero attached hydrogens (tertiary/aromatic N) is 2. The number of hydrogen-bond acceptors (Lipinski definition) is 4. The number of hydrogen-bond donors (Lipinski definition) is 1. The highest BCUT2D eigenvalue weighted by Crippen LogP contribution is 2.35. The molecule has 0 spiro atoms. The normalized spacial score (nSPS) is 10.3. The number of aromatic nitrogens is 1. The summed E-state index contributed by atoms with van der Waals surface area (Å²) in [5.74, 6) is 0.827. The van der Waals surface area contributed by atoms with Crippen molar-refractivity contribution in [1.82, 2.24) is 4.98 Å². The van der Waals surface area contributed by atoms with E-state index in [1.54, 1.807) is 12.1 Å². The van der Waals surface area contributed by atoms with Crippen LogP contribution in [0.15, 0.2) is 53.0 Å². The fraction of sp³-hybridized carbons (Fsp3) is 0. The predicted molar refractivity (Wildman–Crippen MR) is 85.1 cm³/mol. The maximum atomic E-state index is 9.27. The van der Waals surface area contributed by atoms with Crippen molar-refractivity contribution in [2.24, 2.45) is 0 Å². The van der Waals surface area contributed by atoms with E-state index < -0.39 is 0 Å². The van der Waals surface area contributed by atoms with Crippen LogP contribution in [0.3, 0.4) is 0 Å². The van der Waals surface area contributed by atoms with Gasteiger partial charge in [-0.25, -0.2) is 4.98 Å². The predicted octanol–water partition coefficient (Wildman–Crippen LogP) is 4.24. The molecule has 5 heteroatoms. The van der Waals surface area contributed by atoms with E-state index in [0.29, 0.717) is 28.4 Å². The first-order valence-electron chi connectivity index (χ1n) is 6.21. The van der Waals surface area contributed by atoms with Crippen LogP contribution in [0, 0.1) is 11.3 Å². The fourth-order valence-electron chi connectivity index (χ4n) is 2.03. The van der Waals surface area contributed by atoms with Gasteiger partial charge in [-0.2, -0.15) is 5.26 Å². The minimum atomic E-state index is 0.337. The van der Waals surface area contributed by atoms with Crippen molar-refractivity contribution in [3.05, 3.63) is 58.6 Å². The van der Waals surface area contributed by atoms with Gasteiger partial charge in [0.05, 0.1) is 21.2 Å². The number of benzene rings is 2. The van der Waals surface area contributed by atoms with Crippen LogP contribution in [-0.2, 0) is 0 Å². The fourth-order valence-corrected chi connectivity index (χ4v) is 2.50. The largest absolute Gasteiger partial charge is 0.436 e. The summed E-state index contributed by atoms with van der Waals surface area (Å²) in [4.78, 5) is 4.41. The molecule has 21 heavy (non-hydrogen) atoms. The van der Waals surface area contributed by atoms with Crippen molar-refractivity contribution < 1.29 is 4.74 Å². The summed E-state index contributed by atoms with van der Waals surface area (Å²) in [6, 6.07) is 16.6. The second-order valence-corrected chi connectivity index (χ2v) is 5.25. The van der Waals surface area contributed by atoms with E-state index in [1.165, 1.54) is 0 Å². The second kappa shape index (κ2) is 5.43. The lowest BCUT2D eigenvalue weighted by atomic mass is 10.1. The standard InChI is InChI=1S/C16H10BrN3O/c17-12-5-3-6-13(19)16(12)21-15-8-10(9-18)11-4-1-2-7-14(11)20-15/h1-8H,19H2. The van der Waals surface area contributed by atoms with E-state index in [2.05, 4.69) is 27.0 Å². The molecule has 0 amide bonds. The van der Waals surface area contributed by atoms with E-state index in [1.807, 2.05) is 36.4 Å². The van der Waals surface area contributed by atoms with Gasteiger partial charge in [-0.15, -0.1) is 0 Å². The first-order chi connectivity index (χ1) is 10.2. The number of anilines is 1. The molecule has 0 fully saturated rings. The van der Waals surface area contributed by atoms with Crippen LogP contribution in [0.1, 0.15) is 5.56 Å². The summed E-state index contributed by atoms with van der Waals surface area (Å²) >= 11 is 3.39. The molecule has 0 unspecified atom stereocenters. The Morgan fingerprint density at radius 3 is 2.71 bits per heavy atom.